The molecule has 0 N–H and O–H groups in total. The minimum Gasteiger partial charge on any atom is -0.496 e. The molecule has 0 saturated heterocycles. The van der Waals surface area contributed by atoms with E-state index in [1.54, 1.807) is 13.2 Å². The molecule has 1 aromatic rings. The predicted octanol–water partition coefficient (Wildman–Crippen LogP) is 3.36. The maximum absolute atomic E-state index is 10.8. The maximum Gasteiger partial charge on any atom is 0.150 e. The van der Waals surface area contributed by atoms with Crippen LogP contribution in [0.2, 0.25) is 0 Å². The van der Waals surface area contributed by atoms with Crippen molar-refractivity contribution in [2.24, 2.45) is 0 Å². The largest absolute Gasteiger partial charge is 0.496 e. The van der Waals surface area contributed by atoms with E-state index in [4.69, 9.17) is 9.47 Å². The van der Waals surface area contributed by atoms with Gasteiger partial charge >= 0.3 is 0 Å². The van der Waals surface area contributed by atoms with Crippen LogP contribution in [0.1, 0.15) is 48.0 Å². The van der Waals surface area contributed by atoms with Gasteiger partial charge in [0.05, 0.1) is 19.8 Å². The highest BCUT2D eigenvalue weighted by Gasteiger charge is 2.14. The Labute approximate surface area is 108 Å². The molecule has 1 aliphatic rings. The van der Waals surface area contributed by atoms with Crippen molar-refractivity contribution in [2.75, 3.05) is 7.11 Å². The highest BCUT2D eigenvalue weighted by atomic mass is 16.5. The number of methoxy groups -OCH3 is 1. The van der Waals surface area contributed by atoms with Gasteiger partial charge in [0.1, 0.15) is 12.0 Å². The van der Waals surface area contributed by atoms with Gasteiger partial charge in [0.2, 0.25) is 0 Å². The number of rotatable bonds is 5. The van der Waals surface area contributed by atoms with Crippen LogP contribution in [0.15, 0.2) is 18.2 Å². The summed E-state index contributed by atoms with van der Waals surface area (Å²) in [6.45, 7) is 0.523. The lowest BCUT2D eigenvalue weighted by Crippen LogP contribution is -2.16. The van der Waals surface area contributed by atoms with E-state index in [9.17, 15) is 4.79 Å². The van der Waals surface area contributed by atoms with E-state index >= 15 is 0 Å². The first-order valence-electron chi connectivity index (χ1n) is 6.57. The van der Waals surface area contributed by atoms with E-state index in [0.29, 0.717) is 18.3 Å². The lowest BCUT2D eigenvalue weighted by Gasteiger charge is -2.22. The normalized spacial score (nSPS) is 16.5. The Balaban J connectivity index is 1.99. The van der Waals surface area contributed by atoms with Gasteiger partial charge in [-0.2, -0.15) is 0 Å². The lowest BCUT2D eigenvalue weighted by molar-refractivity contribution is 0.0160. The first kappa shape index (κ1) is 13.1. The lowest BCUT2D eigenvalue weighted by atomic mass is 9.98. The summed E-state index contributed by atoms with van der Waals surface area (Å²) in [6, 6.07) is 5.42. The van der Waals surface area contributed by atoms with Crippen molar-refractivity contribution < 1.29 is 14.3 Å². The fourth-order valence-corrected chi connectivity index (χ4v) is 2.42. The molecule has 0 heterocycles. The summed E-state index contributed by atoms with van der Waals surface area (Å²) >= 11 is 0. The summed E-state index contributed by atoms with van der Waals surface area (Å²) in [4.78, 5) is 10.8. The molecule has 3 nitrogen and oxygen atoms in total. The Morgan fingerprint density at radius 1 is 1.28 bits per heavy atom. The van der Waals surface area contributed by atoms with Crippen LogP contribution in [0.3, 0.4) is 0 Å². The maximum atomic E-state index is 10.8. The first-order valence-corrected chi connectivity index (χ1v) is 6.57. The van der Waals surface area contributed by atoms with Gasteiger partial charge in [-0.3, -0.25) is 4.79 Å². The quantitative estimate of drug-likeness (QED) is 0.749. The number of hydrogen-bond donors (Lipinski definition) is 0. The van der Waals surface area contributed by atoms with Crippen LogP contribution in [0.5, 0.6) is 5.75 Å². The zero-order valence-electron chi connectivity index (χ0n) is 10.9. The Bertz CT molecular complexity index is 395. The van der Waals surface area contributed by atoms with E-state index in [0.717, 1.165) is 30.4 Å². The average molecular weight is 248 g/mol. The topological polar surface area (TPSA) is 35.5 Å². The zero-order chi connectivity index (χ0) is 12.8. The molecule has 0 atom stereocenters. The van der Waals surface area contributed by atoms with Crippen molar-refractivity contribution in [3.8, 4) is 5.75 Å². The number of hydrogen-bond acceptors (Lipinski definition) is 3. The third kappa shape index (κ3) is 3.33. The van der Waals surface area contributed by atoms with E-state index in [2.05, 4.69) is 0 Å². The molecule has 18 heavy (non-hydrogen) atoms. The van der Waals surface area contributed by atoms with E-state index in [1.807, 2.05) is 12.1 Å². The monoisotopic (exact) mass is 248 g/mol. The molecule has 1 fully saturated rings. The highest BCUT2D eigenvalue weighted by Crippen LogP contribution is 2.24. The molecule has 0 radical (unpaired) electrons. The number of ether oxygens (including phenoxy) is 2. The van der Waals surface area contributed by atoms with Gasteiger partial charge in [0, 0.05) is 11.1 Å². The molecule has 0 amide bonds. The minimum absolute atomic E-state index is 0.364. The predicted molar refractivity (Wildman–Crippen MR) is 70.0 cm³/mol. The SMILES string of the molecule is COc1ccc(C=O)cc1COC1CCCCC1. The second-order valence-electron chi connectivity index (χ2n) is 4.76. The Morgan fingerprint density at radius 3 is 2.72 bits per heavy atom. The Morgan fingerprint density at radius 2 is 2.06 bits per heavy atom. The van der Waals surface area contributed by atoms with Crippen molar-refractivity contribution >= 4 is 6.29 Å². The molecule has 1 aromatic carbocycles. The van der Waals surface area contributed by atoms with Crippen LogP contribution >= 0.6 is 0 Å². The molecule has 0 unspecified atom stereocenters. The zero-order valence-corrected chi connectivity index (χ0v) is 10.9. The van der Waals surface area contributed by atoms with Crippen molar-refractivity contribution in [3.05, 3.63) is 29.3 Å². The summed E-state index contributed by atoms with van der Waals surface area (Å²) < 4.78 is 11.2. The number of carbonyl (C=O) groups is 1. The first-order chi connectivity index (χ1) is 8.83. The van der Waals surface area contributed by atoms with Crippen LogP contribution in [0.25, 0.3) is 0 Å². The van der Waals surface area contributed by atoms with Gasteiger partial charge in [0.15, 0.2) is 0 Å². The van der Waals surface area contributed by atoms with Gasteiger partial charge in [-0.1, -0.05) is 19.3 Å². The van der Waals surface area contributed by atoms with Crippen molar-refractivity contribution in [3.63, 3.8) is 0 Å². The third-order valence-electron chi connectivity index (χ3n) is 3.47. The molecule has 0 aliphatic heterocycles. The van der Waals surface area contributed by atoms with Crippen LogP contribution < -0.4 is 4.74 Å². The van der Waals surface area contributed by atoms with Gasteiger partial charge in [-0.05, 0) is 31.0 Å². The van der Waals surface area contributed by atoms with Gasteiger partial charge in [-0.15, -0.1) is 0 Å². The minimum atomic E-state index is 0.364. The Hall–Kier alpha value is -1.35. The Kier molecular flexibility index (Phi) is 4.76. The smallest absolute Gasteiger partial charge is 0.150 e. The van der Waals surface area contributed by atoms with Gasteiger partial charge < -0.3 is 9.47 Å². The third-order valence-corrected chi connectivity index (χ3v) is 3.47. The fraction of sp³-hybridized carbons (Fsp3) is 0.533. The molecule has 1 aliphatic carbocycles. The molecule has 0 aromatic heterocycles. The average Bonchev–Trinajstić information content (AvgIpc) is 2.45. The molecular formula is C15H20O3. The summed E-state index contributed by atoms with van der Waals surface area (Å²) in [5.41, 5.74) is 1.62. The van der Waals surface area contributed by atoms with Crippen LogP contribution in [-0.2, 0) is 11.3 Å². The molecule has 3 heteroatoms. The number of benzene rings is 1. The van der Waals surface area contributed by atoms with Crippen molar-refractivity contribution in [2.45, 2.75) is 44.8 Å². The highest BCUT2D eigenvalue weighted by molar-refractivity contribution is 5.75. The van der Waals surface area contributed by atoms with Gasteiger partial charge in [-0.25, -0.2) is 0 Å². The van der Waals surface area contributed by atoms with Crippen LogP contribution in [-0.4, -0.2) is 19.5 Å². The van der Waals surface area contributed by atoms with E-state index in [1.165, 1.54) is 19.3 Å². The summed E-state index contributed by atoms with van der Waals surface area (Å²) in [5.74, 6) is 0.788. The molecular weight excluding hydrogens is 228 g/mol. The van der Waals surface area contributed by atoms with E-state index < -0.39 is 0 Å². The van der Waals surface area contributed by atoms with Crippen molar-refractivity contribution in [1.29, 1.82) is 0 Å². The molecule has 0 spiro atoms. The molecule has 0 bridgehead atoms. The van der Waals surface area contributed by atoms with Crippen molar-refractivity contribution in [1.82, 2.24) is 0 Å². The fourth-order valence-electron chi connectivity index (χ4n) is 2.42. The second-order valence-corrected chi connectivity index (χ2v) is 4.76. The molecule has 2 rings (SSSR count). The molecule has 98 valence electrons. The number of carbonyl (C=O) groups excluding carboxylic acids is 1. The van der Waals surface area contributed by atoms with Crippen LogP contribution in [0.4, 0.5) is 0 Å². The number of aldehydes is 1. The summed E-state index contributed by atoms with van der Waals surface area (Å²) in [5, 5.41) is 0. The second kappa shape index (κ2) is 6.55. The van der Waals surface area contributed by atoms with Gasteiger partial charge in [0.25, 0.3) is 0 Å². The summed E-state index contributed by atoms with van der Waals surface area (Å²) in [6.07, 6.45) is 7.36. The summed E-state index contributed by atoms with van der Waals surface area (Å²) in [7, 11) is 1.64. The van der Waals surface area contributed by atoms with Crippen LogP contribution in [0, 0.1) is 0 Å². The standard InChI is InChI=1S/C15H20O3/c1-17-15-8-7-12(10-16)9-13(15)11-18-14-5-3-2-4-6-14/h7-10,14H,2-6,11H2,1H3. The molecule has 1 saturated carbocycles. The van der Waals surface area contributed by atoms with E-state index in [-0.39, 0.29) is 0 Å².